The fraction of sp³-hybridized carbons (Fsp3) is 0.250. The van der Waals surface area contributed by atoms with Crippen LogP contribution in [0.4, 0.5) is 9.39 Å². The summed E-state index contributed by atoms with van der Waals surface area (Å²) in [6.45, 7) is 0. The largest absolute Gasteiger partial charge is 0.316 e. The molecule has 1 aromatic carbocycles. The summed E-state index contributed by atoms with van der Waals surface area (Å²) in [4.78, 5) is 13.7. The summed E-state index contributed by atoms with van der Waals surface area (Å²) in [7, 11) is 0. The van der Waals surface area contributed by atoms with Gasteiger partial charge < -0.3 is 5.32 Å². The van der Waals surface area contributed by atoms with E-state index in [0.717, 1.165) is 36.6 Å². The van der Waals surface area contributed by atoms with E-state index in [0.29, 0.717) is 15.5 Å². The zero-order valence-corrected chi connectivity index (χ0v) is 13.3. The predicted octanol–water partition coefficient (Wildman–Crippen LogP) is 3.98. The first-order valence-corrected chi connectivity index (χ1v) is 8.71. The minimum atomic E-state index is -0.326. The van der Waals surface area contributed by atoms with E-state index < -0.39 is 0 Å². The third kappa shape index (κ3) is 3.01. The molecule has 3 nitrogen and oxygen atoms in total. The van der Waals surface area contributed by atoms with Crippen LogP contribution >= 0.6 is 23.1 Å². The highest BCUT2D eigenvalue weighted by Gasteiger charge is 2.23. The van der Waals surface area contributed by atoms with Gasteiger partial charge >= 0.3 is 0 Å². The van der Waals surface area contributed by atoms with Crippen LogP contribution < -0.4 is 5.32 Å². The molecular weight excluding hydrogens is 319 g/mol. The number of hydrogen-bond donors (Lipinski definition) is 1. The van der Waals surface area contributed by atoms with Crippen LogP contribution in [0.25, 0.3) is 0 Å². The quantitative estimate of drug-likeness (QED) is 0.862. The molecule has 6 heteroatoms. The van der Waals surface area contributed by atoms with Gasteiger partial charge in [0, 0.05) is 9.77 Å². The van der Waals surface area contributed by atoms with Crippen LogP contribution in [0.2, 0.25) is 0 Å². The van der Waals surface area contributed by atoms with Gasteiger partial charge in [0.1, 0.15) is 16.9 Å². The van der Waals surface area contributed by atoms with Crippen molar-refractivity contribution >= 4 is 34.0 Å². The molecule has 112 valence electrons. The molecule has 1 aliphatic carbocycles. The molecule has 3 rings (SSSR count). The van der Waals surface area contributed by atoms with E-state index in [1.807, 2.05) is 0 Å². The highest BCUT2D eigenvalue weighted by atomic mass is 32.2. The maximum absolute atomic E-state index is 13.5. The lowest BCUT2D eigenvalue weighted by atomic mass is 10.1. The van der Waals surface area contributed by atoms with Crippen LogP contribution in [0.5, 0.6) is 0 Å². The summed E-state index contributed by atoms with van der Waals surface area (Å²) in [6.07, 6.45) is 2.97. The van der Waals surface area contributed by atoms with Gasteiger partial charge in [-0.05, 0) is 37.0 Å². The summed E-state index contributed by atoms with van der Waals surface area (Å²) in [6, 6.07) is 8.57. The number of halogens is 1. The molecule has 0 spiro atoms. The number of nitrogens with one attached hydrogen (secondary N) is 1. The Morgan fingerprint density at radius 3 is 3.00 bits per heavy atom. The minimum absolute atomic E-state index is 0.119. The Hall–Kier alpha value is -1.84. The number of hydrogen-bond acceptors (Lipinski definition) is 4. The summed E-state index contributed by atoms with van der Waals surface area (Å²) in [5, 5.41) is 12.7. The lowest BCUT2D eigenvalue weighted by Gasteiger charge is -2.05. The molecule has 0 saturated carbocycles. The SMILES string of the molecule is N#Cc1c(NC(=O)CSc2ccccc2F)sc2c1CCC2. The zero-order chi connectivity index (χ0) is 15.5. The number of carbonyl (C=O) groups excluding carboxylic acids is 1. The van der Waals surface area contributed by atoms with Crippen molar-refractivity contribution in [3.63, 3.8) is 0 Å². The summed E-state index contributed by atoms with van der Waals surface area (Å²) >= 11 is 2.64. The van der Waals surface area contributed by atoms with Crippen molar-refractivity contribution in [3.8, 4) is 6.07 Å². The second-order valence-electron chi connectivity index (χ2n) is 4.94. The number of amides is 1. The monoisotopic (exact) mass is 332 g/mol. The topological polar surface area (TPSA) is 52.9 Å². The van der Waals surface area contributed by atoms with Crippen LogP contribution in [0, 0.1) is 17.1 Å². The van der Waals surface area contributed by atoms with Crippen molar-refractivity contribution in [1.29, 1.82) is 5.26 Å². The van der Waals surface area contributed by atoms with Crippen molar-refractivity contribution in [1.82, 2.24) is 0 Å². The highest BCUT2D eigenvalue weighted by Crippen LogP contribution is 2.38. The van der Waals surface area contributed by atoms with Gasteiger partial charge in [0.15, 0.2) is 0 Å². The summed E-state index contributed by atoms with van der Waals surface area (Å²) < 4.78 is 13.5. The maximum Gasteiger partial charge on any atom is 0.235 e. The highest BCUT2D eigenvalue weighted by molar-refractivity contribution is 8.00. The molecule has 0 fully saturated rings. The molecule has 0 atom stereocenters. The van der Waals surface area contributed by atoms with Gasteiger partial charge in [-0.25, -0.2) is 4.39 Å². The fourth-order valence-corrected chi connectivity index (χ4v) is 4.47. The Labute approximate surface area is 136 Å². The first-order chi connectivity index (χ1) is 10.7. The van der Waals surface area contributed by atoms with Gasteiger partial charge in [0.05, 0.1) is 11.3 Å². The lowest BCUT2D eigenvalue weighted by Crippen LogP contribution is -2.14. The van der Waals surface area contributed by atoms with Crippen LogP contribution in [0.15, 0.2) is 29.2 Å². The van der Waals surface area contributed by atoms with Crippen molar-refractivity contribution in [2.45, 2.75) is 24.2 Å². The molecule has 0 aliphatic heterocycles. The van der Waals surface area contributed by atoms with E-state index in [9.17, 15) is 14.4 Å². The van der Waals surface area contributed by atoms with E-state index in [2.05, 4.69) is 11.4 Å². The van der Waals surface area contributed by atoms with E-state index in [1.165, 1.54) is 22.3 Å². The van der Waals surface area contributed by atoms with E-state index in [1.54, 1.807) is 18.2 Å². The Morgan fingerprint density at radius 2 is 2.23 bits per heavy atom. The van der Waals surface area contributed by atoms with Crippen molar-refractivity contribution in [3.05, 3.63) is 46.1 Å². The predicted molar refractivity (Wildman–Crippen MR) is 86.8 cm³/mol. The van der Waals surface area contributed by atoms with Crippen LogP contribution in [0.3, 0.4) is 0 Å². The normalized spacial score (nSPS) is 12.7. The van der Waals surface area contributed by atoms with Gasteiger partial charge in [0.25, 0.3) is 0 Å². The Balaban J connectivity index is 1.66. The molecule has 1 N–H and O–H groups in total. The zero-order valence-electron chi connectivity index (χ0n) is 11.7. The second-order valence-corrected chi connectivity index (χ2v) is 7.06. The molecule has 0 radical (unpaired) electrons. The third-order valence-corrected chi connectivity index (χ3v) is 5.74. The Morgan fingerprint density at radius 1 is 1.41 bits per heavy atom. The molecule has 1 amide bonds. The maximum atomic E-state index is 13.5. The van der Waals surface area contributed by atoms with Crippen molar-refractivity contribution in [2.75, 3.05) is 11.1 Å². The third-order valence-electron chi connectivity index (χ3n) is 3.48. The van der Waals surface area contributed by atoms with Gasteiger partial charge in [-0.3, -0.25) is 4.79 Å². The van der Waals surface area contributed by atoms with Crippen LogP contribution in [-0.2, 0) is 17.6 Å². The number of rotatable bonds is 4. The number of aryl methyl sites for hydroxylation is 1. The summed E-state index contributed by atoms with van der Waals surface area (Å²) in [5.74, 6) is -0.424. The smallest absolute Gasteiger partial charge is 0.235 e. The molecule has 22 heavy (non-hydrogen) atoms. The lowest BCUT2D eigenvalue weighted by molar-refractivity contribution is -0.113. The van der Waals surface area contributed by atoms with Crippen LogP contribution in [0.1, 0.15) is 22.4 Å². The van der Waals surface area contributed by atoms with Gasteiger partial charge in [-0.2, -0.15) is 5.26 Å². The molecule has 0 unspecified atom stereocenters. The number of fused-ring (bicyclic) bond motifs is 1. The van der Waals surface area contributed by atoms with E-state index in [-0.39, 0.29) is 17.5 Å². The van der Waals surface area contributed by atoms with Gasteiger partial charge in [-0.15, -0.1) is 23.1 Å². The van der Waals surface area contributed by atoms with Crippen molar-refractivity contribution in [2.24, 2.45) is 0 Å². The number of anilines is 1. The number of nitrogens with zero attached hydrogens (tertiary/aromatic N) is 1. The number of thiophene rings is 1. The number of carbonyl (C=O) groups is 1. The first kappa shape index (κ1) is 15.1. The molecule has 1 heterocycles. The van der Waals surface area contributed by atoms with Crippen LogP contribution in [-0.4, -0.2) is 11.7 Å². The first-order valence-electron chi connectivity index (χ1n) is 6.91. The molecule has 2 aromatic rings. The fourth-order valence-electron chi connectivity index (χ4n) is 2.48. The van der Waals surface area contributed by atoms with Crippen molar-refractivity contribution < 1.29 is 9.18 Å². The Kier molecular flexibility index (Phi) is 4.46. The second kappa shape index (κ2) is 6.51. The molecule has 0 bridgehead atoms. The minimum Gasteiger partial charge on any atom is -0.316 e. The number of benzene rings is 1. The average Bonchev–Trinajstić information content (AvgIpc) is 3.06. The van der Waals surface area contributed by atoms with E-state index in [4.69, 9.17) is 0 Å². The van der Waals surface area contributed by atoms with E-state index >= 15 is 0 Å². The molecular formula is C16H13FN2OS2. The van der Waals surface area contributed by atoms with Gasteiger partial charge in [-0.1, -0.05) is 12.1 Å². The molecule has 0 saturated heterocycles. The summed E-state index contributed by atoms with van der Waals surface area (Å²) in [5.41, 5.74) is 1.69. The number of thioether (sulfide) groups is 1. The van der Waals surface area contributed by atoms with Gasteiger partial charge in [0.2, 0.25) is 5.91 Å². The molecule has 1 aliphatic rings. The number of nitriles is 1. The molecule has 1 aromatic heterocycles. The standard InChI is InChI=1S/C16H13FN2OS2/c17-12-5-1-2-6-14(12)21-9-15(20)19-16-11(8-18)10-4-3-7-13(10)22-16/h1-2,5-6H,3-4,7,9H2,(H,19,20). The Bertz CT molecular complexity index is 764. The average molecular weight is 332 g/mol.